The highest BCUT2D eigenvalue weighted by molar-refractivity contribution is 5.99. The highest BCUT2D eigenvalue weighted by atomic mass is 16.5. The number of fused-ring (bicyclic) bond motifs is 1. The number of carbonyl (C=O) groups excluding carboxylic acids is 3. The molecule has 0 unspecified atom stereocenters. The van der Waals surface area contributed by atoms with Gasteiger partial charge in [0.15, 0.2) is 5.78 Å². The van der Waals surface area contributed by atoms with Crippen molar-refractivity contribution in [1.82, 2.24) is 15.1 Å². The maximum absolute atomic E-state index is 13.9. The van der Waals surface area contributed by atoms with Gasteiger partial charge in [0.1, 0.15) is 18.7 Å². The Labute approximate surface area is 214 Å². The molecule has 5 rings (SSSR count). The predicted octanol–water partition coefficient (Wildman–Crippen LogP) is 2.18. The van der Waals surface area contributed by atoms with Crippen molar-refractivity contribution in [3.63, 3.8) is 0 Å². The van der Waals surface area contributed by atoms with Crippen LogP contribution in [0.2, 0.25) is 0 Å². The summed E-state index contributed by atoms with van der Waals surface area (Å²) in [5.74, 6) is 0.163. The van der Waals surface area contributed by atoms with Crippen LogP contribution in [-0.4, -0.2) is 92.0 Å². The van der Waals surface area contributed by atoms with Crippen LogP contribution in [0.5, 0.6) is 0 Å². The molecule has 0 radical (unpaired) electrons. The van der Waals surface area contributed by atoms with E-state index >= 15 is 0 Å². The number of Topliss-reactive ketones (excluding diaryl/α,β-unsaturated/α-hetero) is 1. The quantitative estimate of drug-likeness (QED) is 0.650. The zero-order valence-electron chi connectivity index (χ0n) is 21.8. The Balaban J connectivity index is 1.31. The van der Waals surface area contributed by atoms with Crippen molar-refractivity contribution in [1.29, 1.82) is 0 Å². The molecule has 4 fully saturated rings. The number of likely N-dealkylation sites (N-methyl/N-ethyl adjacent to an activating group) is 1. The molecule has 4 aliphatic rings. The van der Waals surface area contributed by atoms with Crippen molar-refractivity contribution in [2.75, 3.05) is 51.3 Å². The molecule has 8 nitrogen and oxygen atoms in total. The van der Waals surface area contributed by atoms with Crippen molar-refractivity contribution in [3.8, 4) is 0 Å². The summed E-state index contributed by atoms with van der Waals surface area (Å²) >= 11 is 0. The van der Waals surface area contributed by atoms with E-state index < -0.39 is 12.1 Å². The molecule has 3 heterocycles. The first-order valence-electron chi connectivity index (χ1n) is 13.6. The minimum absolute atomic E-state index is 0.0208. The van der Waals surface area contributed by atoms with Crippen LogP contribution >= 0.6 is 0 Å². The van der Waals surface area contributed by atoms with E-state index in [2.05, 4.69) is 36.0 Å². The van der Waals surface area contributed by atoms with Crippen LogP contribution in [0.25, 0.3) is 0 Å². The molecule has 8 heteroatoms. The van der Waals surface area contributed by atoms with Gasteiger partial charge in [-0.15, -0.1) is 0 Å². The highest BCUT2D eigenvalue weighted by Gasteiger charge is 2.54. The number of carbonyl (C=O) groups is 3. The van der Waals surface area contributed by atoms with Gasteiger partial charge >= 0.3 is 0 Å². The highest BCUT2D eigenvalue weighted by Crippen LogP contribution is 2.37. The zero-order valence-corrected chi connectivity index (χ0v) is 21.8. The van der Waals surface area contributed by atoms with Crippen molar-refractivity contribution in [2.45, 2.75) is 57.7 Å². The fraction of sp³-hybridized carbons (Fsp3) is 0.679. The molecule has 1 aliphatic carbocycles. The summed E-state index contributed by atoms with van der Waals surface area (Å²) in [4.78, 5) is 46.3. The molecule has 3 aliphatic heterocycles. The zero-order chi connectivity index (χ0) is 25.4. The predicted molar refractivity (Wildman–Crippen MR) is 138 cm³/mol. The third-order valence-corrected chi connectivity index (χ3v) is 8.79. The Hall–Kier alpha value is -2.45. The third kappa shape index (κ3) is 4.90. The number of nitrogens with one attached hydrogen (secondary N) is 1. The summed E-state index contributed by atoms with van der Waals surface area (Å²) in [7, 11) is 2.13. The van der Waals surface area contributed by atoms with Crippen molar-refractivity contribution in [2.24, 2.45) is 17.8 Å². The van der Waals surface area contributed by atoms with E-state index in [0.717, 1.165) is 57.5 Å². The minimum atomic E-state index is -0.614. The summed E-state index contributed by atoms with van der Waals surface area (Å²) in [5, 5.41) is 3.09. The van der Waals surface area contributed by atoms with Gasteiger partial charge in [-0.3, -0.25) is 14.4 Å². The number of amides is 2. The van der Waals surface area contributed by atoms with Crippen LogP contribution in [-0.2, 0) is 14.3 Å². The van der Waals surface area contributed by atoms with Crippen molar-refractivity contribution < 1.29 is 19.1 Å². The fourth-order valence-corrected chi connectivity index (χ4v) is 6.47. The van der Waals surface area contributed by atoms with Gasteiger partial charge in [-0.05, 0) is 56.0 Å². The van der Waals surface area contributed by atoms with Gasteiger partial charge in [-0.25, -0.2) is 0 Å². The van der Waals surface area contributed by atoms with E-state index in [0.29, 0.717) is 18.0 Å². The molecule has 1 saturated carbocycles. The molecule has 0 spiro atoms. The first-order chi connectivity index (χ1) is 17.3. The Morgan fingerprint density at radius 3 is 2.33 bits per heavy atom. The minimum Gasteiger partial charge on any atom is -0.369 e. The van der Waals surface area contributed by atoms with Crippen LogP contribution in [0.15, 0.2) is 24.3 Å². The molecular formula is C28H40N4O4. The van der Waals surface area contributed by atoms with Gasteiger partial charge in [0.05, 0.1) is 6.10 Å². The molecule has 2 amide bonds. The van der Waals surface area contributed by atoms with E-state index in [-0.39, 0.29) is 42.1 Å². The normalized spacial score (nSPS) is 28.1. The smallest absolute Gasteiger partial charge is 0.251 e. The summed E-state index contributed by atoms with van der Waals surface area (Å²) in [5.41, 5.74) is 1.67. The number of anilines is 1. The lowest BCUT2D eigenvalue weighted by Gasteiger charge is -2.34. The molecule has 0 bridgehead atoms. The average Bonchev–Trinajstić information content (AvgIpc) is 3.62. The van der Waals surface area contributed by atoms with Crippen LogP contribution < -0.4 is 10.2 Å². The number of ether oxygens (including phenoxy) is 1. The maximum Gasteiger partial charge on any atom is 0.251 e. The fourth-order valence-electron chi connectivity index (χ4n) is 6.47. The monoisotopic (exact) mass is 496 g/mol. The van der Waals surface area contributed by atoms with Crippen LogP contribution in [0, 0.1) is 17.8 Å². The maximum atomic E-state index is 13.9. The first kappa shape index (κ1) is 25.2. The molecule has 4 atom stereocenters. The molecule has 1 N–H and O–H groups in total. The summed E-state index contributed by atoms with van der Waals surface area (Å²) in [6.07, 6.45) is 3.72. The molecule has 1 aromatic carbocycles. The second-order valence-corrected chi connectivity index (χ2v) is 11.4. The Bertz CT molecular complexity index is 966. The van der Waals surface area contributed by atoms with E-state index in [1.807, 2.05) is 24.3 Å². The third-order valence-electron chi connectivity index (χ3n) is 8.79. The van der Waals surface area contributed by atoms with E-state index in [9.17, 15) is 14.4 Å². The Morgan fingerprint density at radius 2 is 1.69 bits per heavy atom. The summed E-state index contributed by atoms with van der Waals surface area (Å²) in [6, 6.07) is 6.58. The lowest BCUT2D eigenvalue weighted by Crippen LogP contribution is -2.54. The Kier molecular flexibility index (Phi) is 7.35. The topological polar surface area (TPSA) is 82.2 Å². The molecule has 196 valence electrons. The largest absolute Gasteiger partial charge is 0.369 e. The van der Waals surface area contributed by atoms with E-state index in [1.54, 1.807) is 4.90 Å². The first-order valence-corrected chi connectivity index (χ1v) is 13.6. The van der Waals surface area contributed by atoms with Crippen LogP contribution in [0.1, 0.15) is 49.9 Å². The molecule has 0 aromatic heterocycles. The second-order valence-electron chi connectivity index (χ2n) is 11.4. The van der Waals surface area contributed by atoms with Gasteiger partial charge < -0.3 is 24.8 Å². The lowest BCUT2D eigenvalue weighted by molar-refractivity contribution is -0.139. The van der Waals surface area contributed by atoms with Gasteiger partial charge in [0.25, 0.3) is 5.91 Å². The van der Waals surface area contributed by atoms with Crippen LogP contribution in [0.3, 0.4) is 0 Å². The molecule has 3 saturated heterocycles. The van der Waals surface area contributed by atoms with Gasteiger partial charge in [0.2, 0.25) is 5.91 Å². The van der Waals surface area contributed by atoms with Gasteiger partial charge in [-0.1, -0.05) is 26.7 Å². The van der Waals surface area contributed by atoms with E-state index in [4.69, 9.17) is 4.74 Å². The summed E-state index contributed by atoms with van der Waals surface area (Å²) in [6.45, 7) is 8.80. The van der Waals surface area contributed by atoms with Gasteiger partial charge in [-0.2, -0.15) is 0 Å². The number of piperazine rings is 1. The number of benzene rings is 1. The Morgan fingerprint density at radius 1 is 1.03 bits per heavy atom. The van der Waals surface area contributed by atoms with Crippen molar-refractivity contribution >= 4 is 23.3 Å². The average molecular weight is 497 g/mol. The van der Waals surface area contributed by atoms with E-state index in [1.165, 1.54) is 0 Å². The number of ketones is 1. The SMILES string of the molecule is CC(C)[C@H]1CN(C(=O)[C@@H](NC(=O)c2ccc(N3CCN(C)CC3)cc2)C2CCCC2)[C@@H]2C(=O)CO[C@H]12. The van der Waals surface area contributed by atoms with Crippen LogP contribution in [0.4, 0.5) is 5.69 Å². The molecule has 36 heavy (non-hydrogen) atoms. The standard InChI is InChI=1S/C28H40N4O4/c1-18(2)22-16-32(25-23(33)17-36-26(22)25)28(35)24(19-6-4-5-7-19)29-27(34)20-8-10-21(11-9-20)31-14-12-30(3)13-15-31/h8-11,18-19,22,24-26H,4-7,12-17H2,1-3H3,(H,29,34)/t22-,24+,25-,26-/m1/s1. The summed E-state index contributed by atoms with van der Waals surface area (Å²) < 4.78 is 5.83. The van der Waals surface area contributed by atoms with Crippen molar-refractivity contribution in [3.05, 3.63) is 29.8 Å². The number of hydrogen-bond acceptors (Lipinski definition) is 6. The lowest BCUT2D eigenvalue weighted by atomic mass is 9.91. The number of rotatable bonds is 6. The molecule has 1 aromatic rings. The number of hydrogen-bond donors (Lipinski definition) is 1. The second kappa shape index (κ2) is 10.5. The molecular weight excluding hydrogens is 456 g/mol. The van der Waals surface area contributed by atoms with Gasteiger partial charge in [0, 0.05) is 49.9 Å². The number of nitrogens with zero attached hydrogens (tertiary/aromatic N) is 3. The number of likely N-dealkylation sites (tertiary alicyclic amines) is 1.